The van der Waals surface area contributed by atoms with Crippen LogP contribution >= 0.6 is 15.9 Å². The molecule has 1 heterocycles. The van der Waals surface area contributed by atoms with E-state index in [4.69, 9.17) is 14.2 Å². The van der Waals surface area contributed by atoms with E-state index < -0.39 is 16.9 Å². The van der Waals surface area contributed by atoms with E-state index in [1.807, 2.05) is 65.8 Å². The number of amides is 1. The highest BCUT2D eigenvalue weighted by Gasteiger charge is 2.53. The van der Waals surface area contributed by atoms with Crippen molar-refractivity contribution in [3.8, 4) is 0 Å². The Hall–Kier alpha value is -1.11. The van der Waals surface area contributed by atoms with E-state index >= 15 is 0 Å². The number of hydrogen-bond donors (Lipinski definition) is 0. The van der Waals surface area contributed by atoms with Crippen molar-refractivity contribution >= 4 is 22.0 Å². The number of benzene rings is 1. The Kier molecular flexibility index (Phi) is 5.86. The van der Waals surface area contributed by atoms with Gasteiger partial charge in [-0.2, -0.15) is 0 Å². The van der Waals surface area contributed by atoms with Crippen molar-refractivity contribution in [2.45, 2.75) is 65.0 Å². The molecule has 1 fully saturated rings. The van der Waals surface area contributed by atoms with Gasteiger partial charge in [-0.25, -0.2) is 4.79 Å². The summed E-state index contributed by atoms with van der Waals surface area (Å²) >= 11 is 3.42. The fourth-order valence-corrected chi connectivity index (χ4v) is 3.20. The van der Waals surface area contributed by atoms with Crippen molar-refractivity contribution in [2.75, 3.05) is 13.2 Å². The zero-order valence-electron chi connectivity index (χ0n) is 15.9. The Morgan fingerprint density at radius 1 is 1.24 bits per heavy atom. The molecule has 0 radical (unpaired) electrons. The lowest BCUT2D eigenvalue weighted by Crippen LogP contribution is -2.57. The maximum Gasteiger partial charge on any atom is 0.413 e. The lowest BCUT2D eigenvalue weighted by molar-refractivity contribution is -0.0752. The minimum absolute atomic E-state index is 0.367. The van der Waals surface area contributed by atoms with Crippen LogP contribution in [0.5, 0.6) is 0 Å². The summed E-state index contributed by atoms with van der Waals surface area (Å²) in [6.07, 6.45) is -0.384. The number of halogens is 1. The third-order valence-electron chi connectivity index (χ3n) is 3.99. The molecule has 0 unspecified atom stereocenters. The van der Waals surface area contributed by atoms with Crippen molar-refractivity contribution < 1.29 is 19.0 Å². The average Bonchev–Trinajstić information content (AvgIpc) is 2.69. The normalized spacial score (nSPS) is 22.9. The van der Waals surface area contributed by atoms with Gasteiger partial charge in [-0.15, -0.1) is 0 Å². The zero-order valence-corrected chi connectivity index (χ0v) is 17.5. The molecule has 0 bridgehead atoms. The number of hydrogen-bond acceptors (Lipinski definition) is 4. The summed E-state index contributed by atoms with van der Waals surface area (Å²) in [6, 6.07) is 7.98. The quantitative estimate of drug-likeness (QED) is 0.715. The summed E-state index contributed by atoms with van der Waals surface area (Å²) in [5, 5.41) is 0. The summed E-state index contributed by atoms with van der Waals surface area (Å²) in [4.78, 5) is 14.4. The highest BCUT2D eigenvalue weighted by molar-refractivity contribution is 9.10. The Morgan fingerprint density at radius 2 is 1.84 bits per heavy atom. The second-order valence-electron chi connectivity index (χ2n) is 8.17. The predicted molar refractivity (Wildman–Crippen MR) is 100 cm³/mol. The van der Waals surface area contributed by atoms with Crippen LogP contribution in [-0.4, -0.2) is 41.1 Å². The standard InChI is InChI=1S/C19H28BrNO4/c1-17(2,3)25-16(22)21-18(4,5)24-13-19(21,6)12-23-11-14-7-9-15(20)10-8-14/h7-10H,11-13H2,1-6H3/t19-/m1/s1. The van der Waals surface area contributed by atoms with Gasteiger partial charge in [-0.05, 0) is 59.2 Å². The molecule has 1 aromatic carbocycles. The SMILES string of the molecule is CC(C)(C)OC(=O)N1C(C)(C)OC[C@@]1(C)COCc1ccc(Br)cc1. The first-order valence-electron chi connectivity index (χ1n) is 8.42. The van der Waals surface area contributed by atoms with E-state index in [-0.39, 0.29) is 6.09 Å². The molecule has 1 atom stereocenters. The molecule has 0 N–H and O–H groups in total. The first-order valence-corrected chi connectivity index (χ1v) is 9.22. The molecule has 140 valence electrons. The molecule has 0 aliphatic carbocycles. The van der Waals surface area contributed by atoms with E-state index in [9.17, 15) is 4.79 Å². The molecule has 6 heteroatoms. The molecular weight excluding hydrogens is 386 g/mol. The second kappa shape index (κ2) is 7.25. The smallest absolute Gasteiger partial charge is 0.413 e. The largest absolute Gasteiger partial charge is 0.444 e. The van der Waals surface area contributed by atoms with Gasteiger partial charge in [0.2, 0.25) is 0 Å². The number of ether oxygens (including phenoxy) is 3. The Morgan fingerprint density at radius 3 is 2.40 bits per heavy atom. The third kappa shape index (κ3) is 5.19. The van der Waals surface area contributed by atoms with Crippen LogP contribution in [0.25, 0.3) is 0 Å². The van der Waals surface area contributed by atoms with Crippen molar-refractivity contribution in [2.24, 2.45) is 0 Å². The third-order valence-corrected chi connectivity index (χ3v) is 4.51. The van der Waals surface area contributed by atoms with Crippen molar-refractivity contribution in [1.29, 1.82) is 0 Å². The number of nitrogens with zero attached hydrogens (tertiary/aromatic N) is 1. The Balaban J connectivity index is 2.05. The number of rotatable bonds is 4. The molecule has 25 heavy (non-hydrogen) atoms. The molecular formula is C19H28BrNO4. The van der Waals surface area contributed by atoms with Gasteiger partial charge in [0.05, 0.1) is 25.4 Å². The fraction of sp³-hybridized carbons (Fsp3) is 0.632. The van der Waals surface area contributed by atoms with Gasteiger partial charge < -0.3 is 14.2 Å². The first kappa shape index (κ1) is 20.2. The van der Waals surface area contributed by atoms with Gasteiger partial charge in [0.15, 0.2) is 0 Å². The van der Waals surface area contributed by atoms with E-state index in [0.717, 1.165) is 10.0 Å². The lowest BCUT2D eigenvalue weighted by Gasteiger charge is -2.40. The van der Waals surface area contributed by atoms with Gasteiger partial charge in [0.1, 0.15) is 11.3 Å². The topological polar surface area (TPSA) is 48.0 Å². The minimum atomic E-state index is -0.738. The summed E-state index contributed by atoms with van der Waals surface area (Å²) in [5.41, 5.74) is -0.803. The van der Waals surface area contributed by atoms with Crippen LogP contribution in [0.3, 0.4) is 0 Å². The average molecular weight is 414 g/mol. The molecule has 0 saturated carbocycles. The maximum absolute atomic E-state index is 12.7. The molecule has 0 aromatic heterocycles. The van der Waals surface area contributed by atoms with Crippen LogP contribution in [0.2, 0.25) is 0 Å². The van der Waals surface area contributed by atoms with Gasteiger partial charge in [-0.1, -0.05) is 28.1 Å². The second-order valence-corrected chi connectivity index (χ2v) is 9.08. The fourth-order valence-electron chi connectivity index (χ4n) is 2.93. The van der Waals surface area contributed by atoms with E-state index in [2.05, 4.69) is 15.9 Å². The van der Waals surface area contributed by atoms with Gasteiger partial charge >= 0.3 is 6.09 Å². The maximum atomic E-state index is 12.7. The van der Waals surface area contributed by atoms with Crippen molar-refractivity contribution in [3.05, 3.63) is 34.3 Å². The first-order chi connectivity index (χ1) is 11.4. The minimum Gasteiger partial charge on any atom is -0.444 e. The summed E-state index contributed by atoms with van der Waals surface area (Å²) in [7, 11) is 0. The molecule has 2 rings (SSSR count). The molecule has 0 spiro atoms. The lowest BCUT2D eigenvalue weighted by atomic mass is 10.0. The van der Waals surface area contributed by atoms with E-state index in [0.29, 0.717) is 19.8 Å². The molecule has 5 nitrogen and oxygen atoms in total. The number of carbonyl (C=O) groups is 1. The summed E-state index contributed by atoms with van der Waals surface area (Å²) in [6.45, 7) is 12.5. The van der Waals surface area contributed by atoms with Crippen LogP contribution < -0.4 is 0 Å². The molecule has 1 aromatic rings. The summed E-state index contributed by atoms with van der Waals surface area (Å²) in [5.74, 6) is 0. The van der Waals surface area contributed by atoms with Crippen LogP contribution in [0.4, 0.5) is 4.79 Å². The van der Waals surface area contributed by atoms with Crippen LogP contribution in [0.15, 0.2) is 28.7 Å². The van der Waals surface area contributed by atoms with Crippen LogP contribution in [0, 0.1) is 0 Å². The van der Waals surface area contributed by atoms with Crippen LogP contribution in [-0.2, 0) is 20.8 Å². The molecule has 1 aliphatic heterocycles. The Labute approximate surface area is 158 Å². The van der Waals surface area contributed by atoms with Crippen LogP contribution in [0.1, 0.15) is 47.1 Å². The van der Waals surface area contributed by atoms with Gasteiger partial charge in [0, 0.05) is 4.47 Å². The van der Waals surface area contributed by atoms with E-state index in [1.165, 1.54) is 0 Å². The molecule has 1 aliphatic rings. The highest BCUT2D eigenvalue weighted by Crippen LogP contribution is 2.36. The van der Waals surface area contributed by atoms with E-state index in [1.54, 1.807) is 4.90 Å². The molecule has 1 saturated heterocycles. The molecule has 1 amide bonds. The monoisotopic (exact) mass is 413 g/mol. The predicted octanol–water partition coefficient (Wildman–Crippen LogP) is 4.73. The highest BCUT2D eigenvalue weighted by atomic mass is 79.9. The Bertz CT molecular complexity index is 609. The van der Waals surface area contributed by atoms with Gasteiger partial charge in [0.25, 0.3) is 0 Å². The zero-order chi connectivity index (χ0) is 18.9. The number of carbonyl (C=O) groups excluding carboxylic acids is 1. The van der Waals surface area contributed by atoms with Crippen molar-refractivity contribution in [1.82, 2.24) is 4.90 Å². The van der Waals surface area contributed by atoms with Crippen molar-refractivity contribution in [3.63, 3.8) is 0 Å². The summed E-state index contributed by atoms with van der Waals surface area (Å²) < 4.78 is 18.4. The van der Waals surface area contributed by atoms with Gasteiger partial charge in [-0.3, -0.25) is 4.90 Å².